The maximum atomic E-state index is 12.5. The van der Waals surface area contributed by atoms with Gasteiger partial charge in [0.15, 0.2) is 0 Å². The van der Waals surface area contributed by atoms with Crippen molar-refractivity contribution in [1.29, 1.82) is 0 Å². The fourth-order valence-electron chi connectivity index (χ4n) is 6.12. The highest BCUT2D eigenvalue weighted by molar-refractivity contribution is 5.85. The zero-order valence-corrected chi connectivity index (χ0v) is 21.9. The Morgan fingerprint density at radius 3 is 2.08 bits per heavy atom. The number of carboxylic acids is 1. The average Bonchev–Trinajstić information content (AvgIpc) is 3.50. The van der Waals surface area contributed by atoms with Crippen LogP contribution in [0.4, 0.5) is 10.5 Å². The first-order valence-electron chi connectivity index (χ1n) is 13.6. The molecule has 7 nitrogen and oxygen atoms in total. The molecule has 39 heavy (non-hydrogen) atoms. The lowest BCUT2D eigenvalue weighted by molar-refractivity contribution is -0.140. The molecule has 1 saturated carbocycles. The summed E-state index contributed by atoms with van der Waals surface area (Å²) in [7, 11) is 0. The van der Waals surface area contributed by atoms with Crippen LogP contribution in [0, 0.1) is 5.41 Å². The minimum atomic E-state index is -0.837. The first-order chi connectivity index (χ1) is 18.9. The van der Waals surface area contributed by atoms with Gasteiger partial charge in [0.25, 0.3) is 0 Å². The Kier molecular flexibility index (Phi) is 7.96. The zero-order chi connectivity index (χ0) is 27.2. The van der Waals surface area contributed by atoms with Gasteiger partial charge >= 0.3 is 12.1 Å². The molecule has 2 aliphatic rings. The van der Waals surface area contributed by atoms with Gasteiger partial charge in [-0.3, -0.25) is 14.9 Å². The molecule has 1 fully saturated rings. The zero-order valence-electron chi connectivity index (χ0n) is 21.9. The topological polar surface area (TPSA) is 105 Å². The van der Waals surface area contributed by atoms with E-state index < -0.39 is 17.5 Å². The van der Waals surface area contributed by atoms with Gasteiger partial charge in [-0.25, -0.2) is 4.79 Å². The first kappa shape index (κ1) is 26.5. The second-order valence-electron chi connectivity index (χ2n) is 10.7. The molecule has 0 unspecified atom stereocenters. The molecule has 0 spiro atoms. The second kappa shape index (κ2) is 11.7. The first-order valence-corrected chi connectivity index (χ1v) is 13.6. The summed E-state index contributed by atoms with van der Waals surface area (Å²) in [6.45, 7) is 0.729. The number of benzene rings is 3. The Morgan fingerprint density at radius 1 is 0.846 bits per heavy atom. The SMILES string of the molecule is O=C(O)CC1(CC(=O)NCCc2ccc(NC(=O)OCC3c4ccccc4-c4ccccc43)cc2)CCCC1. The number of nitrogens with one attached hydrogen (secondary N) is 2. The number of aliphatic carboxylic acids is 1. The molecule has 3 aromatic carbocycles. The number of rotatable bonds is 10. The van der Waals surface area contributed by atoms with Crippen LogP contribution >= 0.6 is 0 Å². The van der Waals surface area contributed by atoms with Gasteiger partial charge in [0.1, 0.15) is 6.61 Å². The number of anilines is 1. The van der Waals surface area contributed by atoms with E-state index in [0.717, 1.165) is 31.2 Å². The van der Waals surface area contributed by atoms with E-state index in [-0.39, 0.29) is 31.3 Å². The third-order valence-corrected chi connectivity index (χ3v) is 8.01. The number of carbonyl (C=O) groups is 3. The molecular weight excluding hydrogens is 492 g/mol. The van der Waals surface area contributed by atoms with Crippen LogP contribution < -0.4 is 10.6 Å². The highest BCUT2D eigenvalue weighted by atomic mass is 16.5. The number of ether oxygens (including phenoxy) is 1. The normalized spacial score (nSPS) is 15.3. The molecule has 0 aliphatic heterocycles. The van der Waals surface area contributed by atoms with Gasteiger partial charge in [0.05, 0.1) is 6.42 Å². The lowest BCUT2D eigenvalue weighted by Crippen LogP contribution is -2.33. The molecule has 2 aliphatic carbocycles. The molecular formula is C32H34N2O5. The minimum Gasteiger partial charge on any atom is -0.481 e. The van der Waals surface area contributed by atoms with Crippen LogP contribution in [0.5, 0.6) is 0 Å². The Morgan fingerprint density at radius 2 is 1.46 bits per heavy atom. The summed E-state index contributed by atoms with van der Waals surface area (Å²) in [6.07, 6.45) is 4.02. The highest BCUT2D eigenvalue weighted by Crippen LogP contribution is 2.45. The van der Waals surface area contributed by atoms with Crippen molar-refractivity contribution in [2.75, 3.05) is 18.5 Å². The number of hydrogen-bond donors (Lipinski definition) is 3. The Bertz CT molecular complexity index is 1300. The summed E-state index contributed by atoms with van der Waals surface area (Å²) in [5, 5.41) is 15.0. The smallest absolute Gasteiger partial charge is 0.411 e. The van der Waals surface area contributed by atoms with Crippen LogP contribution in [0.3, 0.4) is 0 Å². The van der Waals surface area contributed by atoms with E-state index in [1.165, 1.54) is 22.3 Å². The third kappa shape index (κ3) is 6.30. The third-order valence-electron chi connectivity index (χ3n) is 8.01. The molecule has 5 rings (SSSR count). The molecule has 202 valence electrons. The molecule has 0 saturated heterocycles. The quantitative estimate of drug-likeness (QED) is 0.295. The largest absolute Gasteiger partial charge is 0.481 e. The summed E-state index contributed by atoms with van der Waals surface area (Å²) in [4.78, 5) is 36.3. The van der Waals surface area contributed by atoms with Crippen molar-refractivity contribution in [3.63, 3.8) is 0 Å². The number of hydrogen-bond acceptors (Lipinski definition) is 4. The number of fused-ring (bicyclic) bond motifs is 3. The van der Waals surface area contributed by atoms with Crippen molar-refractivity contribution in [1.82, 2.24) is 5.32 Å². The Labute approximate surface area is 228 Å². The molecule has 3 aromatic rings. The maximum Gasteiger partial charge on any atom is 0.411 e. The van der Waals surface area contributed by atoms with Crippen molar-refractivity contribution >= 4 is 23.7 Å². The standard InChI is InChI=1S/C32H34N2O5/c35-29(19-32(20-30(36)37)16-5-6-17-32)33-18-15-22-11-13-23(14-12-22)34-31(38)39-21-28-26-9-3-1-7-24(26)25-8-2-4-10-27(25)28/h1-4,7-14,28H,5-6,15-21H2,(H,33,35)(H,34,38)(H,36,37). The predicted octanol–water partition coefficient (Wildman–Crippen LogP) is 6.13. The fourth-order valence-corrected chi connectivity index (χ4v) is 6.12. The number of carbonyl (C=O) groups excluding carboxylic acids is 2. The van der Waals surface area contributed by atoms with E-state index in [1.807, 2.05) is 48.5 Å². The van der Waals surface area contributed by atoms with Crippen LogP contribution in [0.25, 0.3) is 11.1 Å². The molecule has 3 N–H and O–H groups in total. The van der Waals surface area contributed by atoms with Crippen molar-refractivity contribution < 1.29 is 24.2 Å². The Balaban J connectivity index is 1.07. The average molecular weight is 527 g/mol. The van der Waals surface area contributed by atoms with Crippen LogP contribution in [0.15, 0.2) is 72.8 Å². The van der Waals surface area contributed by atoms with Crippen molar-refractivity contribution in [2.24, 2.45) is 5.41 Å². The van der Waals surface area contributed by atoms with Crippen LogP contribution in [0.1, 0.15) is 61.1 Å². The van der Waals surface area contributed by atoms with Gasteiger partial charge in [0.2, 0.25) is 5.91 Å². The summed E-state index contributed by atoms with van der Waals surface area (Å²) < 4.78 is 5.62. The van der Waals surface area contributed by atoms with Gasteiger partial charge in [-0.2, -0.15) is 0 Å². The van der Waals surface area contributed by atoms with Crippen LogP contribution in [0.2, 0.25) is 0 Å². The monoisotopic (exact) mass is 526 g/mol. The molecule has 0 bridgehead atoms. The van der Waals surface area contributed by atoms with Gasteiger partial charge in [-0.1, -0.05) is 73.5 Å². The summed E-state index contributed by atoms with van der Waals surface area (Å²) in [6, 6.07) is 23.9. The van der Waals surface area contributed by atoms with Crippen molar-refractivity contribution in [2.45, 2.75) is 50.9 Å². The van der Waals surface area contributed by atoms with E-state index in [4.69, 9.17) is 4.74 Å². The Hall–Kier alpha value is -4.13. The second-order valence-corrected chi connectivity index (χ2v) is 10.7. The lowest BCUT2D eigenvalue weighted by atomic mass is 9.79. The van der Waals surface area contributed by atoms with E-state index >= 15 is 0 Å². The van der Waals surface area contributed by atoms with Crippen LogP contribution in [-0.2, 0) is 20.7 Å². The van der Waals surface area contributed by atoms with Crippen molar-refractivity contribution in [3.05, 3.63) is 89.5 Å². The molecule has 7 heteroatoms. The van der Waals surface area contributed by atoms with Crippen LogP contribution in [-0.4, -0.2) is 36.2 Å². The summed E-state index contributed by atoms with van der Waals surface area (Å²) in [5.41, 5.74) is 5.97. The molecule has 0 aromatic heterocycles. The number of carboxylic acid groups (broad SMARTS) is 1. The predicted molar refractivity (Wildman–Crippen MR) is 150 cm³/mol. The van der Waals surface area contributed by atoms with E-state index in [0.29, 0.717) is 18.7 Å². The van der Waals surface area contributed by atoms with Crippen molar-refractivity contribution in [3.8, 4) is 11.1 Å². The molecule has 0 radical (unpaired) electrons. The summed E-state index contributed by atoms with van der Waals surface area (Å²) >= 11 is 0. The minimum absolute atomic E-state index is 0.00779. The van der Waals surface area contributed by atoms with Gasteiger partial charge in [-0.05, 0) is 64.6 Å². The van der Waals surface area contributed by atoms with Gasteiger partial charge in [0, 0.05) is 24.6 Å². The molecule has 0 heterocycles. The van der Waals surface area contributed by atoms with Gasteiger partial charge < -0.3 is 15.2 Å². The highest BCUT2D eigenvalue weighted by Gasteiger charge is 2.37. The lowest BCUT2D eigenvalue weighted by Gasteiger charge is -2.26. The fraction of sp³-hybridized carbons (Fsp3) is 0.344. The maximum absolute atomic E-state index is 12.5. The van der Waals surface area contributed by atoms with Gasteiger partial charge in [-0.15, -0.1) is 0 Å². The summed E-state index contributed by atoms with van der Waals surface area (Å²) in [5.74, 6) is -0.920. The van der Waals surface area contributed by atoms with E-state index in [2.05, 4.69) is 34.9 Å². The van der Waals surface area contributed by atoms with E-state index in [9.17, 15) is 19.5 Å². The van der Waals surface area contributed by atoms with E-state index in [1.54, 1.807) is 0 Å². The number of amides is 2. The molecule has 0 atom stereocenters. The molecule has 2 amide bonds.